The van der Waals surface area contributed by atoms with Crippen molar-refractivity contribution in [2.24, 2.45) is 17.8 Å². The van der Waals surface area contributed by atoms with Crippen LogP contribution in [0.4, 0.5) is 4.79 Å². The van der Waals surface area contributed by atoms with E-state index in [4.69, 9.17) is 9.84 Å². The summed E-state index contributed by atoms with van der Waals surface area (Å²) in [6.45, 7) is 6.92. The molecule has 1 heterocycles. The van der Waals surface area contributed by atoms with E-state index in [-0.39, 0.29) is 17.9 Å². The first-order valence-electron chi connectivity index (χ1n) is 6.98. The molecule has 1 saturated heterocycles. The maximum atomic E-state index is 12.0. The van der Waals surface area contributed by atoms with Crippen LogP contribution in [0.3, 0.4) is 0 Å². The summed E-state index contributed by atoms with van der Waals surface area (Å²) >= 11 is 0. The summed E-state index contributed by atoms with van der Waals surface area (Å²) in [5.41, 5.74) is -0.479. The number of carbonyl (C=O) groups is 2. The lowest BCUT2D eigenvalue weighted by Gasteiger charge is -2.34. The summed E-state index contributed by atoms with van der Waals surface area (Å²) in [7, 11) is 0. The highest BCUT2D eigenvalue weighted by Gasteiger charge is 2.49. The van der Waals surface area contributed by atoms with Crippen molar-refractivity contribution < 1.29 is 19.4 Å². The van der Waals surface area contributed by atoms with Gasteiger partial charge in [0.05, 0.1) is 5.92 Å². The quantitative estimate of drug-likeness (QED) is 0.835. The van der Waals surface area contributed by atoms with Crippen LogP contribution in [-0.4, -0.2) is 40.8 Å². The Bertz CT molecular complexity index is 374. The Balaban J connectivity index is 1.88. The zero-order valence-corrected chi connectivity index (χ0v) is 11.9. The molecule has 2 rings (SSSR count). The van der Waals surface area contributed by atoms with Gasteiger partial charge in [-0.05, 0) is 51.9 Å². The average Bonchev–Trinajstić information content (AvgIpc) is 3.06. The largest absolute Gasteiger partial charge is 0.481 e. The van der Waals surface area contributed by atoms with Gasteiger partial charge >= 0.3 is 12.1 Å². The summed E-state index contributed by atoms with van der Waals surface area (Å²) in [6.07, 6.45) is 2.45. The van der Waals surface area contributed by atoms with Gasteiger partial charge in [-0.1, -0.05) is 0 Å². The lowest BCUT2D eigenvalue weighted by Crippen LogP contribution is -2.43. The van der Waals surface area contributed by atoms with Gasteiger partial charge in [-0.3, -0.25) is 4.79 Å². The molecule has 3 unspecified atom stereocenters. The highest BCUT2D eigenvalue weighted by atomic mass is 16.6. The number of piperidine rings is 1. The van der Waals surface area contributed by atoms with Gasteiger partial charge in [-0.15, -0.1) is 0 Å². The molecule has 3 atom stereocenters. The predicted molar refractivity (Wildman–Crippen MR) is 69.8 cm³/mol. The number of carboxylic acid groups (broad SMARTS) is 1. The van der Waals surface area contributed by atoms with Gasteiger partial charge in [0.25, 0.3) is 0 Å². The number of aliphatic carboxylic acids is 1. The number of hydrogen-bond acceptors (Lipinski definition) is 3. The van der Waals surface area contributed by atoms with E-state index in [9.17, 15) is 9.59 Å². The maximum absolute atomic E-state index is 12.0. The summed E-state index contributed by atoms with van der Waals surface area (Å²) < 4.78 is 5.37. The zero-order chi connectivity index (χ0) is 14.2. The van der Waals surface area contributed by atoms with Crippen molar-refractivity contribution in [3.63, 3.8) is 0 Å². The number of hydrogen-bond donors (Lipinski definition) is 1. The van der Waals surface area contributed by atoms with E-state index in [0.717, 1.165) is 25.8 Å². The van der Waals surface area contributed by atoms with Crippen molar-refractivity contribution in [1.29, 1.82) is 0 Å². The number of rotatable bonds is 2. The van der Waals surface area contributed by atoms with Gasteiger partial charge in [-0.25, -0.2) is 4.79 Å². The molecule has 1 saturated carbocycles. The molecule has 0 aromatic rings. The van der Waals surface area contributed by atoms with Gasteiger partial charge in [0.1, 0.15) is 5.60 Å². The molecule has 108 valence electrons. The lowest BCUT2D eigenvalue weighted by atomic mass is 9.92. The minimum absolute atomic E-state index is 0.191. The Kier molecular flexibility index (Phi) is 3.74. The van der Waals surface area contributed by atoms with Crippen molar-refractivity contribution in [3.8, 4) is 0 Å². The minimum Gasteiger partial charge on any atom is -0.481 e. The fourth-order valence-electron chi connectivity index (χ4n) is 2.87. The molecule has 1 amide bonds. The number of nitrogens with zero attached hydrogens (tertiary/aromatic N) is 1. The van der Waals surface area contributed by atoms with Crippen LogP contribution in [-0.2, 0) is 9.53 Å². The van der Waals surface area contributed by atoms with Crippen molar-refractivity contribution >= 4 is 12.1 Å². The van der Waals surface area contributed by atoms with Gasteiger partial charge < -0.3 is 14.7 Å². The molecule has 1 aliphatic heterocycles. The predicted octanol–water partition coefficient (Wildman–Crippen LogP) is 2.35. The Hall–Kier alpha value is -1.26. The van der Waals surface area contributed by atoms with Crippen molar-refractivity contribution in [2.45, 2.75) is 45.6 Å². The van der Waals surface area contributed by atoms with Crippen LogP contribution in [0.5, 0.6) is 0 Å². The second-order valence-corrected chi connectivity index (χ2v) is 6.67. The molecule has 1 N–H and O–H groups in total. The third-order valence-corrected chi connectivity index (χ3v) is 3.87. The maximum Gasteiger partial charge on any atom is 0.410 e. The molecule has 5 heteroatoms. The Morgan fingerprint density at radius 1 is 1.32 bits per heavy atom. The molecular formula is C14H23NO4. The first kappa shape index (κ1) is 14.2. The van der Waals surface area contributed by atoms with E-state index in [1.807, 2.05) is 20.8 Å². The van der Waals surface area contributed by atoms with E-state index in [0.29, 0.717) is 12.5 Å². The Morgan fingerprint density at radius 3 is 2.53 bits per heavy atom. The van der Waals surface area contributed by atoms with Crippen LogP contribution in [0.25, 0.3) is 0 Å². The molecule has 5 nitrogen and oxygen atoms in total. The summed E-state index contributed by atoms with van der Waals surface area (Å²) in [5.74, 6) is -0.312. The fourth-order valence-corrected chi connectivity index (χ4v) is 2.87. The second-order valence-electron chi connectivity index (χ2n) is 6.67. The number of ether oxygens (including phenoxy) is 1. The van der Waals surface area contributed by atoms with Crippen molar-refractivity contribution in [1.82, 2.24) is 4.90 Å². The second kappa shape index (κ2) is 5.02. The first-order valence-corrected chi connectivity index (χ1v) is 6.98. The van der Waals surface area contributed by atoms with Crippen molar-refractivity contribution in [2.75, 3.05) is 13.1 Å². The smallest absolute Gasteiger partial charge is 0.410 e. The first-order chi connectivity index (χ1) is 8.78. The normalized spacial score (nSPS) is 30.9. The van der Waals surface area contributed by atoms with Crippen LogP contribution < -0.4 is 0 Å². The number of amides is 1. The number of carbonyl (C=O) groups excluding carboxylic acids is 1. The topological polar surface area (TPSA) is 66.8 Å². The van der Waals surface area contributed by atoms with Crippen LogP contribution in [0, 0.1) is 17.8 Å². The molecule has 1 aliphatic carbocycles. The molecule has 0 bridgehead atoms. The van der Waals surface area contributed by atoms with E-state index in [1.54, 1.807) is 4.90 Å². The van der Waals surface area contributed by atoms with E-state index in [1.165, 1.54) is 0 Å². The van der Waals surface area contributed by atoms with E-state index >= 15 is 0 Å². The molecule has 19 heavy (non-hydrogen) atoms. The fraction of sp³-hybridized carbons (Fsp3) is 0.857. The van der Waals surface area contributed by atoms with Crippen LogP contribution in [0.2, 0.25) is 0 Å². The molecule has 2 aliphatic rings. The monoisotopic (exact) mass is 269 g/mol. The number of carboxylic acids is 1. The zero-order valence-electron chi connectivity index (χ0n) is 11.9. The van der Waals surface area contributed by atoms with E-state index in [2.05, 4.69) is 0 Å². The molecule has 2 fully saturated rings. The number of likely N-dealkylation sites (tertiary alicyclic amines) is 1. The van der Waals surface area contributed by atoms with Crippen molar-refractivity contribution in [3.05, 3.63) is 0 Å². The Labute approximate surface area is 113 Å². The van der Waals surface area contributed by atoms with Gasteiger partial charge in [0, 0.05) is 13.1 Å². The highest BCUT2D eigenvalue weighted by Crippen LogP contribution is 2.47. The third kappa shape index (κ3) is 3.61. The molecule has 0 aromatic carbocycles. The minimum atomic E-state index is -0.695. The molecule has 0 radical (unpaired) electrons. The van der Waals surface area contributed by atoms with Gasteiger partial charge in [0.15, 0.2) is 0 Å². The van der Waals surface area contributed by atoms with E-state index < -0.39 is 11.6 Å². The van der Waals surface area contributed by atoms with Crippen LogP contribution in [0.15, 0.2) is 0 Å². The lowest BCUT2D eigenvalue weighted by molar-refractivity contribution is -0.139. The third-order valence-electron chi connectivity index (χ3n) is 3.87. The summed E-state index contributed by atoms with van der Waals surface area (Å²) in [4.78, 5) is 24.7. The summed E-state index contributed by atoms with van der Waals surface area (Å²) in [5, 5.41) is 8.98. The highest BCUT2D eigenvalue weighted by molar-refractivity contribution is 5.73. The SMILES string of the molecule is CC(C)(C)OC(=O)N1CCCC(C2CC2C(=O)O)C1. The van der Waals surface area contributed by atoms with Gasteiger partial charge in [-0.2, -0.15) is 0 Å². The van der Waals surface area contributed by atoms with Crippen LogP contribution in [0.1, 0.15) is 40.0 Å². The average molecular weight is 269 g/mol. The molecule has 0 aromatic heterocycles. The Morgan fingerprint density at radius 2 is 2.00 bits per heavy atom. The van der Waals surface area contributed by atoms with Crippen LogP contribution >= 0.6 is 0 Å². The van der Waals surface area contributed by atoms with Gasteiger partial charge in [0.2, 0.25) is 0 Å². The molecular weight excluding hydrogens is 246 g/mol. The summed E-state index contributed by atoms with van der Waals surface area (Å²) in [6, 6.07) is 0. The molecule has 0 spiro atoms. The standard InChI is InChI=1S/C14H23NO4/c1-14(2,3)19-13(18)15-6-4-5-9(8-15)10-7-11(10)12(16)17/h9-11H,4-8H2,1-3H3,(H,16,17).